The molecule has 2 amide bonds. The number of ether oxygens (including phenoxy) is 1. The van der Waals surface area contributed by atoms with Gasteiger partial charge in [0.25, 0.3) is 5.91 Å². The number of hydrogen-bond donors (Lipinski definition) is 1. The van der Waals surface area contributed by atoms with Crippen LogP contribution in [0, 0.1) is 6.92 Å². The fourth-order valence-corrected chi connectivity index (χ4v) is 3.39. The predicted molar refractivity (Wildman–Crippen MR) is 109 cm³/mol. The number of rotatable bonds is 6. The molecule has 7 nitrogen and oxygen atoms in total. The second-order valence-corrected chi connectivity index (χ2v) is 7.10. The number of aromatic nitrogens is 1. The molecule has 2 aromatic rings. The van der Waals surface area contributed by atoms with Crippen molar-refractivity contribution >= 4 is 22.7 Å². The maximum absolute atomic E-state index is 13.0. The summed E-state index contributed by atoms with van der Waals surface area (Å²) in [6.07, 6.45) is 0.931. The number of piperazine rings is 1. The summed E-state index contributed by atoms with van der Waals surface area (Å²) in [6.45, 7) is 7.61. The van der Waals surface area contributed by atoms with Crippen molar-refractivity contribution in [3.8, 4) is 5.75 Å². The van der Waals surface area contributed by atoms with Gasteiger partial charge in [-0.3, -0.25) is 19.5 Å². The summed E-state index contributed by atoms with van der Waals surface area (Å²) in [6, 6.07) is 7.57. The van der Waals surface area contributed by atoms with E-state index in [0.717, 1.165) is 23.1 Å². The maximum Gasteiger partial charge on any atom is 0.255 e. The zero-order chi connectivity index (χ0) is 20.1. The van der Waals surface area contributed by atoms with E-state index in [9.17, 15) is 9.59 Å². The number of benzene rings is 1. The molecule has 1 N–H and O–H groups in total. The fourth-order valence-electron chi connectivity index (χ4n) is 3.39. The van der Waals surface area contributed by atoms with Gasteiger partial charge in [0.1, 0.15) is 5.75 Å². The molecule has 0 unspecified atom stereocenters. The summed E-state index contributed by atoms with van der Waals surface area (Å²) in [7, 11) is 1.62. The lowest BCUT2D eigenvalue weighted by molar-refractivity contribution is -0.122. The van der Waals surface area contributed by atoms with Crippen molar-refractivity contribution in [1.82, 2.24) is 20.1 Å². The minimum Gasteiger partial charge on any atom is -0.497 e. The number of aryl methyl sites for hydroxylation is 1. The Balaban J connectivity index is 1.65. The van der Waals surface area contributed by atoms with Gasteiger partial charge < -0.3 is 15.0 Å². The van der Waals surface area contributed by atoms with Crippen molar-refractivity contribution in [2.24, 2.45) is 0 Å². The standard InChI is InChI=1S/C21H28N4O3/c1-4-7-22-20(26)14-24-8-10-25(11-9-24)21(27)18-12-16-5-6-17(28-3)13-19(16)23-15(18)2/h5-6,12-13H,4,7-11,14H2,1-3H3,(H,22,26). The molecule has 0 aliphatic carbocycles. The predicted octanol–water partition coefficient (Wildman–Crippen LogP) is 1.84. The van der Waals surface area contributed by atoms with Crippen molar-refractivity contribution in [2.45, 2.75) is 20.3 Å². The van der Waals surface area contributed by atoms with Crippen LogP contribution >= 0.6 is 0 Å². The molecule has 1 aliphatic heterocycles. The van der Waals surface area contributed by atoms with Crippen LogP contribution in [-0.2, 0) is 4.79 Å². The van der Waals surface area contributed by atoms with E-state index in [2.05, 4.69) is 15.2 Å². The van der Waals surface area contributed by atoms with E-state index in [1.165, 1.54) is 0 Å². The molecule has 150 valence electrons. The molecule has 1 saturated heterocycles. The van der Waals surface area contributed by atoms with Gasteiger partial charge in [-0.05, 0) is 31.5 Å². The number of methoxy groups -OCH3 is 1. The zero-order valence-corrected chi connectivity index (χ0v) is 16.8. The molecule has 7 heteroatoms. The summed E-state index contributed by atoms with van der Waals surface area (Å²) in [5, 5.41) is 3.81. The maximum atomic E-state index is 13.0. The summed E-state index contributed by atoms with van der Waals surface area (Å²) < 4.78 is 5.25. The lowest BCUT2D eigenvalue weighted by atomic mass is 10.1. The van der Waals surface area contributed by atoms with Gasteiger partial charge in [-0.2, -0.15) is 0 Å². The van der Waals surface area contributed by atoms with Crippen LogP contribution in [0.5, 0.6) is 5.75 Å². The number of carbonyl (C=O) groups excluding carboxylic acids is 2. The SMILES string of the molecule is CCCNC(=O)CN1CCN(C(=O)c2cc3ccc(OC)cc3nc2C)CC1. The van der Waals surface area contributed by atoms with Gasteiger partial charge in [-0.1, -0.05) is 6.92 Å². The number of hydrogen-bond acceptors (Lipinski definition) is 5. The Hall–Kier alpha value is -2.67. The topological polar surface area (TPSA) is 74.8 Å². The molecule has 1 aromatic carbocycles. The first kappa shape index (κ1) is 20.1. The molecule has 1 aromatic heterocycles. The van der Waals surface area contributed by atoms with Gasteiger partial charge in [0.15, 0.2) is 0 Å². The summed E-state index contributed by atoms with van der Waals surface area (Å²) in [5.41, 5.74) is 2.16. The van der Waals surface area contributed by atoms with Gasteiger partial charge in [0, 0.05) is 44.2 Å². The molecule has 1 fully saturated rings. The lowest BCUT2D eigenvalue weighted by Crippen LogP contribution is -2.51. The Bertz CT molecular complexity index is 860. The van der Waals surface area contributed by atoms with Crippen LogP contribution in [0.2, 0.25) is 0 Å². The van der Waals surface area contributed by atoms with Crippen molar-refractivity contribution in [3.63, 3.8) is 0 Å². The van der Waals surface area contributed by atoms with Crippen LogP contribution in [0.1, 0.15) is 29.4 Å². The highest BCUT2D eigenvalue weighted by atomic mass is 16.5. The van der Waals surface area contributed by atoms with E-state index in [4.69, 9.17) is 4.74 Å². The Morgan fingerprint density at radius 1 is 1.18 bits per heavy atom. The molecule has 0 spiro atoms. The van der Waals surface area contributed by atoms with Gasteiger partial charge in [0.2, 0.25) is 5.91 Å². The molecule has 28 heavy (non-hydrogen) atoms. The quantitative estimate of drug-likeness (QED) is 0.823. The molecule has 0 radical (unpaired) electrons. The van der Waals surface area contributed by atoms with Gasteiger partial charge in [0.05, 0.1) is 30.4 Å². The first-order valence-electron chi connectivity index (χ1n) is 9.75. The highest BCUT2D eigenvalue weighted by molar-refractivity contribution is 5.98. The molecule has 0 atom stereocenters. The second-order valence-electron chi connectivity index (χ2n) is 7.10. The third-order valence-electron chi connectivity index (χ3n) is 5.04. The zero-order valence-electron chi connectivity index (χ0n) is 16.8. The van der Waals surface area contributed by atoms with Gasteiger partial charge in [-0.25, -0.2) is 0 Å². The first-order chi connectivity index (χ1) is 13.5. The summed E-state index contributed by atoms with van der Waals surface area (Å²) in [5.74, 6) is 0.794. The molecule has 2 heterocycles. The molecular formula is C21H28N4O3. The summed E-state index contributed by atoms with van der Waals surface area (Å²) in [4.78, 5) is 33.4. The Morgan fingerprint density at radius 2 is 1.93 bits per heavy atom. The average Bonchev–Trinajstić information content (AvgIpc) is 2.71. The number of fused-ring (bicyclic) bond motifs is 1. The Morgan fingerprint density at radius 3 is 2.61 bits per heavy atom. The first-order valence-corrected chi connectivity index (χ1v) is 9.75. The van der Waals surface area contributed by atoms with Crippen LogP contribution in [0.25, 0.3) is 10.9 Å². The normalized spacial score (nSPS) is 14.9. The molecule has 0 bridgehead atoms. The van der Waals surface area contributed by atoms with Crippen molar-refractivity contribution in [2.75, 3.05) is 46.4 Å². The monoisotopic (exact) mass is 384 g/mol. The average molecular weight is 384 g/mol. The largest absolute Gasteiger partial charge is 0.497 e. The smallest absolute Gasteiger partial charge is 0.255 e. The third-order valence-corrected chi connectivity index (χ3v) is 5.04. The van der Waals surface area contributed by atoms with Gasteiger partial charge in [-0.15, -0.1) is 0 Å². The summed E-state index contributed by atoms with van der Waals surface area (Å²) >= 11 is 0. The van der Waals surface area contributed by atoms with Crippen LogP contribution in [-0.4, -0.2) is 73.0 Å². The van der Waals surface area contributed by atoms with Crippen molar-refractivity contribution in [3.05, 3.63) is 35.5 Å². The Labute approximate surface area is 165 Å². The highest BCUT2D eigenvalue weighted by Gasteiger charge is 2.24. The van der Waals surface area contributed by atoms with Crippen LogP contribution in [0.4, 0.5) is 0 Å². The van der Waals surface area contributed by atoms with Gasteiger partial charge >= 0.3 is 0 Å². The minimum atomic E-state index is -0.00203. The molecule has 0 saturated carbocycles. The van der Waals surface area contributed by atoms with Crippen LogP contribution in [0.15, 0.2) is 24.3 Å². The minimum absolute atomic E-state index is 0.00203. The van der Waals surface area contributed by atoms with E-state index in [1.54, 1.807) is 7.11 Å². The lowest BCUT2D eigenvalue weighted by Gasteiger charge is -2.34. The molecule has 1 aliphatic rings. The Kier molecular flexibility index (Phi) is 6.46. The second kappa shape index (κ2) is 9.01. The fraction of sp³-hybridized carbons (Fsp3) is 0.476. The van der Waals surface area contributed by atoms with Crippen molar-refractivity contribution in [1.29, 1.82) is 0 Å². The van der Waals surface area contributed by atoms with E-state index in [0.29, 0.717) is 50.5 Å². The highest BCUT2D eigenvalue weighted by Crippen LogP contribution is 2.22. The van der Waals surface area contributed by atoms with E-state index in [1.807, 2.05) is 43.0 Å². The number of carbonyl (C=O) groups is 2. The number of nitrogens with one attached hydrogen (secondary N) is 1. The van der Waals surface area contributed by atoms with Crippen molar-refractivity contribution < 1.29 is 14.3 Å². The molecular weight excluding hydrogens is 356 g/mol. The van der Waals surface area contributed by atoms with Crippen LogP contribution in [0.3, 0.4) is 0 Å². The molecule has 3 rings (SSSR count). The number of pyridine rings is 1. The third kappa shape index (κ3) is 4.59. The van der Waals surface area contributed by atoms with E-state index in [-0.39, 0.29) is 11.8 Å². The van der Waals surface area contributed by atoms with E-state index < -0.39 is 0 Å². The van der Waals surface area contributed by atoms with Crippen LogP contribution < -0.4 is 10.1 Å². The number of nitrogens with zero attached hydrogens (tertiary/aromatic N) is 3. The van der Waals surface area contributed by atoms with E-state index >= 15 is 0 Å². The number of amides is 2.